The number of rotatable bonds is 3. The van der Waals surface area contributed by atoms with Gasteiger partial charge in [-0.25, -0.2) is 0 Å². The van der Waals surface area contributed by atoms with E-state index in [0.717, 1.165) is 19.4 Å². The Hall–Kier alpha value is -1.34. The first kappa shape index (κ1) is 13.7. The summed E-state index contributed by atoms with van der Waals surface area (Å²) >= 11 is 0. The summed E-state index contributed by atoms with van der Waals surface area (Å²) in [7, 11) is 3.93. The van der Waals surface area contributed by atoms with Gasteiger partial charge >= 0.3 is 0 Å². The van der Waals surface area contributed by atoms with Gasteiger partial charge in [0, 0.05) is 25.7 Å². The highest BCUT2D eigenvalue weighted by Gasteiger charge is 2.30. The Morgan fingerprint density at radius 1 is 1.47 bits per heavy atom. The molecule has 1 aliphatic heterocycles. The lowest BCUT2D eigenvalue weighted by atomic mass is 9.82. The van der Waals surface area contributed by atoms with E-state index in [4.69, 9.17) is 5.26 Å². The third-order valence-electron chi connectivity index (χ3n) is 3.18. The van der Waals surface area contributed by atoms with Crippen LogP contribution in [0.25, 0.3) is 0 Å². The lowest BCUT2D eigenvalue weighted by molar-refractivity contribution is -0.127. The van der Waals surface area contributed by atoms with E-state index in [1.807, 2.05) is 36.9 Å². The molecule has 1 aliphatic rings. The number of likely N-dealkylation sites (tertiary alicyclic amines) is 1. The summed E-state index contributed by atoms with van der Waals surface area (Å²) in [6.07, 6.45) is 5.06. The summed E-state index contributed by atoms with van der Waals surface area (Å²) < 4.78 is 0. The highest BCUT2D eigenvalue weighted by atomic mass is 16.2. The molecule has 0 aromatic carbocycles. The minimum Gasteiger partial charge on any atom is -0.339 e. The summed E-state index contributed by atoms with van der Waals surface area (Å²) in [4.78, 5) is 15.6. The second-order valence-electron chi connectivity index (χ2n) is 5.16. The predicted molar refractivity (Wildman–Crippen MR) is 67.2 cm³/mol. The maximum absolute atomic E-state index is 11.8. The Labute approximate surface area is 103 Å². The molecule has 4 nitrogen and oxygen atoms in total. The largest absolute Gasteiger partial charge is 0.339 e. The standard InChI is InChI=1S/C13H21N3O/c1-13(11-14)6-9-16(10-7-13)12(17)5-4-8-15(2)3/h4-5H,6-10H2,1-3H3/b5-4+. The van der Waals surface area contributed by atoms with Gasteiger partial charge in [-0.1, -0.05) is 6.08 Å². The van der Waals surface area contributed by atoms with Gasteiger partial charge in [-0.05, 0) is 33.9 Å². The minimum atomic E-state index is -0.246. The Balaban J connectivity index is 2.42. The van der Waals surface area contributed by atoms with Gasteiger partial charge in [0.25, 0.3) is 0 Å². The Morgan fingerprint density at radius 2 is 2.06 bits per heavy atom. The van der Waals surface area contributed by atoms with Crippen LogP contribution in [-0.2, 0) is 4.79 Å². The van der Waals surface area contributed by atoms with Crippen molar-refractivity contribution in [2.45, 2.75) is 19.8 Å². The number of piperidine rings is 1. The molecule has 4 heteroatoms. The van der Waals surface area contributed by atoms with Crippen molar-refractivity contribution in [3.8, 4) is 6.07 Å². The van der Waals surface area contributed by atoms with E-state index < -0.39 is 0 Å². The van der Waals surface area contributed by atoms with Crippen molar-refractivity contribution >= 4 is 5.91 Å². The van der Waals surface area contributed by atoms with Crippen LogP contribution in [0.15, 0.2) is 12.2 Å². The summed E-state index contributed by atoms with van der Waals surface area (Å²) in [6.45, 7) is 4.12. The molecule has 0 aliphatic carbocycles. The first-order valence-electron chi connectivity index (χ1n) is 5.98. The SMILES string of the molecule is CN(C)C/C=C/C(=O)N1CCC(C)(C#N)CC1. The molecule has 0 aromatic rings. The molecule has 0 saturated carbocycles. The first-order valence-corrected chi connectivity index (χ1v) is 5.98. The molecule has 1 heterocycles. The second-order valence-corrected chi connectivity index (χ2v) is 5.16. The third kappa shape index (κ3) is 4.20. The predicted octanol–water partition coefficient (Wildman–Crippen LogP) is 1.26. The maximum Gasteiger partial charge on any atom is 0.246 e. The van der Waals surface area contributed by atoms with Crippen LogP contribution in [0.4, 0.5) is 0 Å². The van der Waals surface area contributed by atoms with Crippen molar-refractivity contribution in [1.82, 2.24) is 9.80 Å². The van der Waals surface area contributed by atoms with Crippen LogP contribution in [-0.4, -0.2) is 49.4 Å². The van der Waals surface area contributed by atoms with Crippen LogP contribution in [0.1, 0.15) is 19.8 Å². The molecule has 17 heavy (non-hydrogen) atoms. The fourth-order valence-electron chi connectivity index (χ4n) is 1.80. The minimum absolute atomic E-state index is 0.0619. The average Bonchev–Trinajstić information content (AvgIpc) is 2.29. The van der Waals surface area contributed by atoms with E-state index in [9.17, 15) is 4.79 Å². The molecule has 1 rings (SSSR count). The number of nitriles is 1. The van der Waals surface area contributed by atoms with E-state index >= 15 is 0 Å². The highest BCUT2D eigenvalue weighted by Crippen LogP contribution is 2.29. The van der Waals surface area contributed by atoms with E-state index in [-0.39, 0.29) is 11.3 Å². The molecule has 1 saturated heterocycles. The Morgan fingerprint density at radius 3 is 2.53 bits per heavy atom. The van der Waals surface area contributed by atoms with Crippen LogP contribution in [0, 0.1) is 16.7 Å². The Bertz CT molecular complexity index is 333. The van der Waals surface area contributed by atoms with Crippen molar-refractivity contribution in [3.63, 3.8) is 0 Å². The normalized spacial score (nSPS) is 19.6. The maximum atomic E-state index is 11.8. The van der Waals surface area contributed by atoms with Crippen LogP contribution in [0.3, 0.4) is 0 Å². The van der Waals surface area contributed by atoms with Crippen molar-refractivity contribution in [2.75, 3.05) is 33.7 Å². The van der Waals surface area contributed by atoms with Gasteiger partial charge in [0.05, 0.1) is 11.5 Å². The molecule has 94 valence electrons. The highest BCUT2D eigenvalue weighted by molar-refractivity contribution is 5.87. The number of hydrogen-bond acceptors (Lipinski definition) is 3. The fraction of sp³-hybridized carbons (Fsp3) is 0.692. The summed E-state index contributed by atoms with van der Waals surface area (Å²) in [5.41, 5.74) is -0.246. The molecule has 0 aromatic heterocycles. The number of likely N-dealkylation sites (N-methyl/N-ethyl adjacent to an activating group) is 1. The second kappa shape index (κ2) is 5.83. The fourth-order valence-corrected chi connectivity index (χ4v) is 1.80. The smallest absolute Gasteiger partial charge is 0.246 e. The number of hydrogen-bond donors (Lipinski definition) is 0. The molecular formula is C13H21N3O. The first-order chi connectivity index (χ1) is 7.97. The molecule has 0 unspecified atom stereocenters. The zero-order chi connectivity index (χ0) is 12.9. The van der Waals surface area contributed by atoms with Crippen molar-refractivity contribution in [1.29, 1.82) is 5.26 Å². The van der Waals surface area contributed by atoms with E-state index in [1.165, 1.54) is 0 Å². The summed E-state index contributed by atoms with van der Waals surface area (Å²) in [6, 6.07) is 2.34. The van der Waals surface area contributed by atoms with Crippen molar-refractivity contribution < 1.29 is 4.79 Å². The van der Waals surface area contributed by atoms with E-state index in [0.29, 0.717) is 13.1 Å². The number of nitrogens with zero attached hydrogens (tertiary/aromatic N) is 3. The molecule has 0 N–H and O–H groups in total. The Kier molecular flexibility index (Phi) is 4.71. The lowest BCUT2D eigenvalue weighted by Crippen LogP contribution is -2.41. The van der Waals surface area contributed by atoms with Crippen LogP contribution in [0.2, 0.25) is 0 Å². The number of carbonyl (C=O) groups excluding carboxylic acids is 1. The molecular weight excluding hydrogens is 214 g/mol. The van der Waals surface area contributed by atoms with Gasteiger partial charge in [0.15, 0.2) is 0 Å². The zero-order valence-electron chi connectivity index (χ0n) is 10.9. The van der Waals surface area contributed by atoms with E-state index in [1.54, 1.807) is 6.08 Å². The molecule has 1 fully saturated rings. The zero-order valence-corrected chi connectivity index (χ0v) is 10.9. The van der Waals surface area contributed by atoms with Gasteiger partial charge in [-0.15, -0.1) is 0 Å². The summed E-state index contributed by atoms with van der Waals surface area (Å²) in [5, 5.41) is 9.00. The lowest BCUT2D eigenvalue weighted by Gasteiger charge is -2.34. The van der Waals surface area contributed by atoms with Gasteiger partial charge < -0.3 is 9.80 Å². The van der Waals surface area contributed by atoms with Gasteiger partial charge in [0.1, 0.15) is 0 Å². The van der Waals surface area contributed by atoms with Crippen LogP contribution < -0.4 is 0 Å². The van der Waals surface area contributed by atoms with Gasteiger partial charge in [0.2, 0.25) is 5.91 Å². The number of carbonyl (C=O) groups is 1. The molecule has 0 spiro atoms. The molecule has 1 amide bonds. The quantitative estimate of drug-likeness (QED) is 0.692. The average molecular weight is 235 g/mol. The van der Waals surface area contributed by atoms with Crippen molar-refractivity contribution in [3.05, 3.63) is 12.2 Å². The molecule has 0 atom stereocenters. The van der Waals surface area contributed by atoms with Crippen molar-refractivity contribution in [2.24, 2.45) is 5.41 Å². The van der Waals surface area contributed by atoms with Gasteiger partial charge in [-0.3, -0.25) is 4.79 Å². The van der Waals surface area contributed by atoms with Gasteiger partial charge in [-0.2, -0.15) is 5.26 Å². The third-order valence-corrected chi connectivity index (χ3v) is 3.18. The topological polar surface area (TPSA) is 47.3 Å². The van der Waals surface area contributed by atoms with E-state index in [2.05, 4.69) is 6.07 Å². The summed E-state index contributed by atoms with van der Waals surface area (Å²) in [5.74, 6) is 0.0619. The molecule has 0 radical (unpaired) electrons. The number of amides is 1. The monoisotopic (exact) mass is 235 g/mol. The van der Waals surface area contributed by atoms with Crippen LogP contribution >= 0.6 is 0 Å². The molecule has 0 bridgehead atoms. The van der Waals surface area contributed by atoms with Crippen LogP contribution in [0.5, 0.6) is 0 Å².